The molecule has 1 saturated carbocycles. The van der Waals surface area contributed by atoms with Crippen molar-refractivity contribution in [3.05, 3.63) is 28.2 Å². The monoisotopic (exact) mass is 391 g/mol. The summed E-state index contributed by atoms with van der Waals surface area (Å²) in [7, 11) is -3.13. The number of hydrogen-bond acceptors (Lipinski definition) is 4. The molecule has 3 rings (SSSR count). The normalized spacial score (nSPS) is 20.1. The highest BCUT2D eigenvalue weighted by molar-refractivity contribution is 7.90. The molecule has 1 N–H and O–H groups in total. The maximum absolute atomic E-state index is 12.2. The van der Waals surface area contributed by atoms with E-state index in [1.54, 1.807) is 22.5 Å². The molecule has 0 aromatic heterocycles. The van der Waals surface area contributed by atoms with Gasteiger partial charge in [-0.25, -0.2) is 8.42 Å². The zero-order valence-corrected chi connectivity index (χ0v) is 15.4. The molecule has 24 heavy (non-hydrogen) atoms. The zero-order chi connectivity index (χ0) is 17.3. The number of anilines is 1. The van der Waals surface area contributed by atoms with Gasteiger partial charge in [0.25, 0.3) is 0 Å². The first-order chi connectivity index (χ1) is 11.4. The molecular weight excluding hydrogens is 373 g/mol. The standard InChI is InChI=1S/C15H19Cl2N3O3S/c16-11-1-4-13(17)14(9-11)18-15(21)10-19-5-7-20(8-6-19)24(22,23)12-2-3-12/h1,4,9,12H,2-3,5-8,10H2,(H,18,21). The van der Waals surface area contributed by atoms with Crippen LogP contribution < -0.4 is 5.32 Å². The van der Waals surface area contributed by atoms with E-state index >= 15 is 0 Å². The molecule has 2 aliphatic rings. The van der Waals surface area contributed by atoms with Crippen molar-refractivity contribution in [3.63, 3.8) is 0 Å². The summed E-state index contributed by atoms with van der Waals surface area (Å²) >= 11 is 11.9. The van der Waals surface area contributed by atoms with Crippen LogP contribution >= 0.6 is 23.2 Å². The van der Waals surface area contributed by atoms with E-state index in [4.69, 9.17) is 23.2 Å². The predicted octanol–water partition coefficient (Wildman–Crippen LogP) is 2.04. The summed E-state index contributed by atoms with van der Waals surface area (Å²) in [5, 5.41) is 3.47. The van der Waals surface area contributed by atoms with Crippen LogP contribution in [0.4, 0.5) is 5.69 Å². The first-order valence-electron chi connectivity index (χ1n) is 7.82. The Balaban J connectivity index is 1.50. The Morgan fingerprint density at radius 3 is 2.46 bits per heavy atom. The van der Waals surface area contributed by atoms with Crippen molar-refractivity contribution in [2.75, 3.05) is 38.0 Å². The third-order valence-corrected chi connectivity index (χ3v) is 7.17. The number of nitrogens with one attached hydrogen (secondary N) is 1. The Bertz CT molecular complexity index is 729. The van der Waals surface area contributed by atoms with Crippen molar-refractivity contribution in [1.29, 1.82) is 0 Å². The zero-order valence-electron chi connectivity index (χ0n) is 13.0. The number of carbonyl (C=O) groups excluding carboxylic acids is 1. The number of amides is 1. The molecule has 0 spiro atoms. The molecule has 0 unspecified atom stereocenters. The van der Waals surface area contributed by atoms with Crippen molar-refractivity contribution < 1.29 is 13.2 Å². The topological polar surface area (TPSA) is 69.7 Å². The molecular formula is C15H19Cl2N3O3S. The fraction of sp³-hybridized carbons (Fsp3) is 0.533. The Labute approximate surface area is 151 Å². The Morgan fingerprint density at radius 1 is 1.17 bits per heavy atom. The van der Waals surface area contributed by atoms with Crippen molar-refractivity contribution in [2.45, 2.75) is 18.1 Å². The number of benzene rings is 1. The lowest BCUT2D eigenvalue weighted by Gasteiger charge is -2.33. The maximum atomic E-state index is 12.2. The Hall–Kier alpha value is -0.860. The fourth-order valence-corrected chi connectivity index (χ4v) is 4.87. The summed E-state index contributed by atoms with van der Waals surface area (Å²) in [5.74, 6) is -0.197. The number of nitrogens with zero attached hydrogens (tertiary/aromatic N) is 2. The molecule has 6 nitrogen and oxygen atoms in total. The van der Waals surface area contributed by atoms with Crippen LogP contribution in [0.3, 0.4) is 0 Å². The van der Waals surface area contributed by atoms with E-state index in [1.165, 1.54) is 0 Å². The van der Waals surface area contributed by atoms with Crippen molar-refractivity contribution in [2.24, 2.45) is 0 Å². The van der Waals surface area contributed by atoms with Crippen LogP contribution in [0.2, 0.25) is 10.0 Å². The SMILES string of the molecule is O=C(CN1CCN(S(=O)(=O)C2CC2)CC1)Nc1cc(Cl)ccc1Cl. The third-order valence-electron chi connectivity index (χ3n) is 4.21. The van der Waals surface area contributed by atoms with E-state index in [2.05, 4.69) is 5.32 Å². The summed E-state index contributed by atoms with van der Waals surface area (Å²) in [6.45, 7) is 2.15. The number of carbonyl (C=O) groups is 1. The van der Waals surface area contributed by atoms with Crippen molar-refractivity contribution >= 4 is 44.8 Å². The quantitative estimate of drug-likeness (QED) is 0.833. The van der Waals surface area contributed by atoms with Gasteiger partial charge in [0.15, 0.2) is 0 Å². The first-order valence-corrected chi connectivity index (χ1v) is 10.1. The molecule has 1 aromatic rings. The molecule has 0 bridgehead atoms. The number of hydrogen-bond donors (Lipinski definition) is 1. The average molecular weight is 392 g/mol. The molecule has 132 valence electrons. The molecule has 1 heterocycles. The summed E-state index contributed by atoms with van der Waals surface area (Å²) < 4.78 is 25.9. The van der Waals surface area contributed by atoms with Crippen molar-refractivity contribution in [1.82, 2.24) is 9.21 Å². The van der Waals surface area contributed by atoms with Gasteiger partial charge in [0.1, 0.15) is 0 Å². The molecule has 1 amide bonds. The molecule has 1 aliphatic carbocycles. The molecule has 9 heteroatoms. The van der Waals surface area contributed by atoms with Gasteiger partial charge in [-0.2, -0.15) is 4.31 Å². The van der Waals surface area contributed by atoms with Crippen LogP contribution in [0.15, 0.2) is 18.2 Å². The van der Waals surface area contributed by atoms with E-state index in [0.29, 0.717) is 41.9 Å². The van der Waals surface area contributed by atoms with Crippen LogP contribution in [0, 0.1) is 0 Å². The Kier molecular flexibility index (Phi) is 5.36. The van der Waals surface area contributed by atoms with E-state index in [9.17, 15) is 13.2 Å². The van der Waals surface area contributed by atoms with Crippen molar-refractivity contribution in [3.8, 4) is 0 Å². The summed E-state index contributed by atoms with van der Waals surface area (Å²) in [6.07, 6.45) is 1.54. The summed E-state index contributed by atoms with van der Waals surface area (Å²) in [6, 6.07) is 4.88. The van der Waals surface area contributed by atoms with Gasteiger partial charge in [0.05, 0.1) is 22.5 Å². The maximum Gasteiger partial charge on any atom is 0.238 e. The van der Waals surface area contributed by atoms with Crippen LogP contribution in [-0.2, 0) is 14.8 Å². The van der Waals surface area contributed by atoms with E-state index in [-0.39, 0.29) is 17.7 Å². The lowest BCUT2D eigenvalue weighted by atomic mass is 10.3. The second-order valence-corrected chi connectivity index (χ2v) is 9.15. The molecule has 2 fully saturated rings. The lowest BCUT2D eigenvalue weighted by Crippen LogP contribution is -2.51. The molecule has 1 aliphatic heterocycles. The number of rotatable bonds is 5. The van der Waals surface area contributed by atoms with Crippen LogP contribution in [0.1, 0.15) is 12.8 Å². The molecule has 1 aromatic carbocycles. The minimum absolute atomic E-state index is 0.183. The largest absolute Gasteiger partial charge is 0.324 e. The summed E-state index contributed by atoms with van der Waals surface area (Å²) in [4.78, 5) is 14.1. The van der Waals surface area contributed by atoms with E-state index in [0.717, 1.165) is 12.8 Å². The lowest BCUT2D eigenvalue weighted by molar-refractivity contribution is -0.117. The fourth-order valence-electron chi connectivity index (χ4n) is 2.70. The first kappa shape index (κ1) is 17.9. The minimum Gasteiger partial charge on any atom is -0.324 e. The van der Waals surface area contributed by atoms with Gasteiger partial charge in [0.2, 0.25) is 15.9 Å². The van der Waals surface area contributed by atoms with Crippen LogP contribution in [0.25, 0.3) is 0 Å². The third kappa shape index (κ3) is 4.21. The number of piperazine rings is 1. The van der Waals surface area contributed by atoms with Gasteiger partial charge in [-0.3, -0.25) is 9.69 Å². The van der Waals surface area contributed by atoms with Crippen LogP contribution in [-0.4, -0.2) is 61.5 Å². The predicted molar refractivity (Wildman–Crippen MR) is 95.0 cm³/mol. The van der Waals surface area contributed by atoms with Gasteiger partial charge >= 0.3 is 0 Å². The number of halogens is 2. The molecule has 1 saturated heterocycles. The average Bonchev–Trinajstić information content (AvgIpc) is 3.37. The highest BCUT2D eigenvalue weighted by Crippen LogP contribution is 2.31. The molecule has 0 radical (unpaired) electrons. The Morgan fingerprint density at radius 2 is 1.83 bits per heavy atom. The number of sulfonamides is 1. The molecule has 0 atom stereocenters. The minimum atomic E-state index is -3.13. The van der Waals surface area contributed by atoms with E-state index in [1.807, 2.05) is 4.90 Å². The van der Waals surface area contributed by atoms with Gasteiger partial charge in [-0.1, -0.05) is 23.2 Å². The van der Waals surface area contributed by atoms with Gasteiger partial charge in [-0.05, 0) is 31.0 Å². The smallest absolute Gasteiger partial charge is 0.238 e. The van der Waals surface area contributed by atoms with Crippen LogP contribution in [0.5, 0.6) is 0 Å². The van der Waals surface area contributed by atoms with Gasteiger partial charge in [0, 0.05) is 31.2 Å². The highest BCUT2D eigenvalue weighted by Gasteiger charge is 2.41. The van der Waals surface area contributed by atoms with Gasteiger partial charge < -0.3 is 5.32 Å². The second kappa shape index (κ2) is 7.17. The summed E-state index contributed by atoms with van der Waals surface area (Å²) in [5.41, 5.74) is 0.476. The van der Waals surface area contributed by atoms with Gasteiger partial charge in [-0.15, -0.1) is 0 Å². The second-order valence-electron chi connectivity index (χ2n) is 6.09. The van der Waals surface area contributed by atoms with E-state index < -0.39 is 10.0 Å². The highest BCUT2D eigenvalue weighted by atomic mass is 35.5.